The van der Waals surface area contributed by atoms with Gasteiger partial charge in [-0.3, -0.25) is 9.59 Å². The minimum Gasteiger partial charge on any atom is -0.456 e. The van der Waals surface area contributed by atoms with Crippen molar-refractivity contribution in [2.75, 3.05) is 12.3 Å². The molecule has 1 heterocycles. The number of ether oxygens (including phenoxy) is 1. The molecule has 0 saturated heterocycles. The first-order chi connectivity index (χ1) is 16.7. The van der Waals surface area contributed by atoms with Gasteiger partial charge in [0.25, 0.3) is 0 Å². The number of aliphatic hydroxyl groups is 1. The molecule has 0 bridgehead atoms. The Hall–Kier alpha value is -3.76. The molecule has 10 heteroatoms. The van der Waals surface area contributed by atoms with Crippen molar-refractivity contribution in [2.45, 2.75) is 26.8 Å². The number of nitrogens with two attached hydrogens (primary N) is 1. The van der Waals surface area contributed by atoms with E-state index >= 15 is 0 Å². The molecule has 0 saturated carbocycles. The Balaban J connectivity index is 2.41. The van der Waals surface area contributed by atoms with Crippen molar-refractivity contribution in [3.63, 3.8) is 0 Å². The molecule has 35 heavy (non-hydrogen) atoms. The summed E-state index contributed by atoms with van der Waals surface area (Å²) < 4.78 is 20.4. The minimum absolute atomic E-state index is 0.00618. The zero-order valence-corrected chi connectivity index (χ0v) is 20.3. The molecule has 0 spiro atoms. The summed E-state index contributed by atoms with van der Waals surface area (Å²) in [6, 6.07) is 4.02. The van der Waals surface area contributed by atoms with Crippen LogP contribution in [-0.4, -0.2) is 38.1 Å². The Morgan fingerprint density at radius 1 is 1.37 bits per heavy atom. The lowest BCUT2D eigenvalue weighted by Crippen LogP contribution is -2.22. The third-order valence-electron chi connectivity index (χ3n) is 4.77. The summed E-state index contributed by atoms with van der Waals surface area (Å²) in [4.78, 5) is 34.9. The number of anilines is 1. The lowest BCUT2D eigenvalue weighted by atomic mass is 10.2. The van der Waals surface area contributed by atoms with Crippen molar-refractivity contribution < 1.29 is 23.8 Å². The van der Waals surface area contributed by atoms with Gasteiger partial charge in [0.2, 0.25) is 11.5 Å². The van der Waals surface area contributed by atoms with E-state index in [1.165, 1.54) is 41.5 Å². The summed E-state index contributed by atoms with van der Waals surface area (Å²) in [5.41, 5.74) is 6.56. The van der Waals surface area contributed by atoms with E-state index in [-0.39, 0.29) is 42.5 Å². The number of thioether (sulfide) groups is 1. The van der Waals surface area contributed by atoms with Crippen LogP contribution < -0.4 is 10.5 Å². The number of allylic oxidation sites excluding steroid dienone is 4. The van der Waals surface area contributed by atoms with Gasteiger partial charge in [0.05, 0.1) is 6.54 Å². The van der Waals surface area contributed by atoms with E-state index in [0.717, 1.165) is 6.07 Å². The molecule has 0 aliphatic carbocycles. The second-order valence-corrected chi connectivity index (χ2v) is 8.22. The Labute approximate surface area is 207 Å². The number of aliphatic hydroxyl groups excluding tert-OH is 1. The first-order valence-electron chi connectivity index (χ1n) is 10.5. The van der Waals surface area contributed by atoms with Crippen molar-refractivity contribution in [1.82, 2.24) is 14.9 Å². The number of amides is 1. The molecule has 2 aromatic rings. The SMILES string of the molecule is C=C/C=C(\C=C)Oc1cccc(F)c1C(=O)S/C(CCO)=C(/C)N(C=O)Cc1cnc(C)nc1N. The van der Waals surface area contributed by atoms with Crippen LogP contribution in [0.15, 0.2) is 72.1 Å². The largest absolute Gasteiger partial charge is 0.456 e. The smallest absolute Gasteiger partial charge is 0.230 e. The van der Waals surface area contributed by atoms with E-state index in [1.54, 1.807) is 13.8 Å². The summed E-state index contributed by atoms with van der Waals surface area (Å²) >= 11 is 0.700. The van der Waals surface area contributed by atoms with Crippen molar-refractivity contribution in [1.29, 1.82) is 0 Å². The van der Waals surface area contributed by atoms with Gasteiger partial charge in [0, 0.05) is 35.4 Å². The van der Waals surface area contributed by atoms with Crippen LogP contribution in [0.5, 0.6) is 5.75 Å². The highest BCUT2D eigenvalue weighted by molar-refractivity contribution is 8.17. The molecule has 0 aliphatic heterocycles. The fourth-order valence-corrected chi connectivity index (χ4v) is 3.94. The predicted molar refractivity (Wildman–Crippen MR) is 135 cm³/mol. The Morgan fingerprint density at radius 3 is 2.71 bits per heavy atom. The second kappa shape index (κ2) is 13.2. The molecule has 8 nitrogen and oxygen atoms in total. The van der Waals surface area contributed by atoms with Crippen LogP contribution in [-0.2, 0) is 11.3 Å². The first kappa shape index (κ1) is 27.5. The molecule has 0 unspecified atom stereocenters. The van der Waals surface area contributed by atoms with E-state index in [9.17, 15) is 19.1 Å². The van der Waals surface area contributed by atoms with E-state index in [4.69, 9.17) is 10.5 Å². The fourth-order valence-electron chi connectivity index (χ4n) is 2.96. The number of rotatable bonds is 12. The number of nitrogen functional groups attached to an aromatic ring is 1. The maximum absolute atomic E-state index is 14.7. The number of nitrogens with zero attached hydrogens (tertiary/aromatic N) is 3. The lowest BCUT2D eigenvalue weighted by molar-refractivity contribution is -0.116. The highest BCUT2D eigenvalue weighted by Crippen LogP contribution is 2.34. The van der Waals surface area contributed by atoms with E-state index < -0.39 is 10.9 Å². The van der Waals surface area contributed by atoms with Crippen molar-refractivity contribution in [2.24, 2.45) is 0 Å². The monoisotopic (exact) mass is 498 g/mol. The molecule has 184 valence electrons. The van der Waals surface area contributed by atoms with Gasteiger partial charge in [0.1, 0.15) is 34.5 Å². The van der Waals surface area contributed by atoms with Crippen LogP contribution in [0.2, 0.25) is 0 Å². The molecule has 0 radical (unpaired) electrons. The summed E-state index contributed by atoms with van der Waals surface area (Å²) in [5, 5.41) is 8.91. The molecule has 0 fully saturated rings. The maximum Gasteiger partial charge on any atom is 0.230 e. The molecule has 2 rings (SSSR count). The van der Waals surface area contributed by atoms with Crippen LogP contribution in [0.1, 0.15) is 35.1 Å². The van der Waals surface area contributed by atoms with Gasteiger partial charge in [-0.05, 0) is 49.9 Å². The average Bonchev–Trinajstić information content (AvgIpc) is 2.82. The number of aromatic nitrogens is 2. The van der Waals surface area contributed by atoms with Crippen LogP contribution in [0.4, 0.5) is 10.2 Å². The summed E-state index contributed by atoms with van der Waals surface area (Å²) in [6.45, 7) is 10.3. The van der Waals surface area contributed by atoms with Crippen LogP contribution in [0.25, 0.3) is 0 Å². The van der Waals surface area contributed by atoms with Gasteiger partial charge in [0.15, 0.2) is 0 Å². The summed E-state index contributed by atoms with van der Waals surface area (Å²) in [5.74, 6) is 0.206. The predicted octanol–water partition coefficient (Wildman–Crippen LogP) is 4.29. The van der Waals surface area contributed by atoms with Crippen LogP contribution in [0.3, 0.4) is 0 Å². The standard InChI is InChI=1S/C25H27FN4O4S/c1-5-8-19(6-2)34-21-10-7-9-20(26)23(21)25(33)35-22(11-12-31)16(3)30(15-32)14-18-13-28-17(4)29-24(18)27/h5-10,13,15,31H,1-2,11-12,14H2,3-4H3,(H2,27,28,29)/b19-8+,22-16-. The molecule has 0 atom stereocenters. The van der Waals surface area contributed by atoms with Gasteiger partial charge in [-0.15, -0.1) is 0 Å². The first-order valence-corrected chi connectivity index (χ1v) is 11.3. The molecule has 1 aromatic heterocycles. The van der Waals surface area contributed by atoms with E-state index in [2.05, 4.69) is 23.1 Å². The quantitative estimate of drug-likeness (QED) is 0.253. The normalized spacial score (nSPS) is 11.9. The molecule has 3 N–H and O–H groups in total. The zero-order chi connectivity index (χ0) is 26.0. The topological polar surface area (TPSA) is 119 Å². The molecule has 1 aromatic carbocycles. The van der Waals surface area contributed by atoms with E-state index in [1.807, 2.05) is 0 Å². The van der Waals surface area contributed by atoms with Gasteiger partial charge < -0.3 is 20.5 Å². The molecular formula is C25H27FN4O4S. The number of aryl methyl sites for hydroxylation is 1. The lowest BCUT2D eigenvalue weighted by Gasteiger charge is -2.22. The number of hydrogen-bond acceptors (Lipinski definition) is 8. The van der Waals surface area contributed by atoms with Crippen LogP contribution in [0, 0.1) is 12.7 Å². The Bertz CT molecular complexity index is 1180. The van der Waals surface area contributed by atoms with Gasteiger partial charge in [-0.25, -0.2) is 14.4 Å². The summed E-state index contributed by atoms with van der Waals surface area (Å²) in [6.07, 6.45) is 6.54. The minimum atomic E-state index is -0.778. The van der Waals surface area contributed by atoms with Gasteiger partial charge >= 0.3 is 0 Å². The third-order valence-corrected chi connectivity index (χ3v) is 5.90. The number of benzene rings is 1. The highest BCUT2D eigenvalue weighted by atomic mass is 32.2. The number of halogens is 1. The van der Waals surface area contributed by atoms with Gasteiger partial charge in [-0.1, -0.05) is 25.3 Å². The number of carbonyl (C=O) groups excluding carboxylic acids is 2. The average molecular weight is 499 g/mol. The van der Waals surface area contributed by atoms with Crippen molar-refractivity contribution in [3.8, 4) is 5.75 Å². The fraction of sp³-hybridized carbons (Fsp3) is 0.200. The highest BCUT2D eigenvalue weighted by Gasteiger charge is 2.23. The Morgan fingerprint density at radius 2 is 2.11 bits per heavy atom. The van der Waals surface area contributed by atoms with Crippen LogP contribution >= 0.6 is 11.8 Å². The second-order valence-electron chi connectivity index (χ2n) is 7.16. The van der Waals surface area contributed by atoms with Crippen molar-refractivity contribution in [3.05, 3.63) is 94.9 Å². The number of carbonyl (C=O) groups is 2. The molecular weight excluding hydrogens is 471 g/mol. The maximum atomic E-state index is 14.7. The summed E-state index contributed by atoms with van der Waals surface area (Å²) in [7, 11) is 0. The number of hydrogen-bond donors (Lipinski definition) is 2. The third kappa shape index (κ3) is 7.36. The Kier molecular flexibility index (Phi) is 10.4. The van der Waals surface area contributed by atoms with E-state index in [0.29, 0.717) is 40.2 Å². The van der Waals surface area contributed by atoms with Crippen molar-refractivity contribution >= 4 is 29.1 Å². The molecule has 1 amide bonds. The zero-order valence-electron chi connectivity index (χ0n) is 19.5. The van der Waals surface area contributed by atoms with Gasteiger partial charge in [-0.2, -0.15) is 0 Å². The molecule has 0 aliphatic rings.